The molecular weight excluding hydrogens is 618 g/mol. The quantitative estimate of drug-likeness (QED) is 0.325. The molecular formula is C36H55N3O7S. The van der Waals surface area contributed by atoms with Crippen molar-refractivity contribution in [1.29, 1.82) is 0 Å². The van der Waals surface area contributed by atoms with Crippen molar-refractivity contribution in [2.45, 2.75) is 95.3 Å². The van der Waals surface area contributed by atoms with Gasteiger partial charge in [-0.05, 0) is 101 Å². The number of amides is 1. The second-order valence-electron chi connectivity index (χ2n) is 13.5. The zero-order chi connectivity index (χ0) is 34.0. The number of aliphatic hydroxyl groups is 1. The molecule has 2 aromatic carbocycles. The number of nitrogens with one attached hydrogen (secondary N) is 1. The summed E-state index contributed by atoms with van der Waals surface area (Å²) in [7, 11) is -0.266. The molecule has 4 atom stereocenters. The van der Waals surface area contributed by atoms with Gasteiger partial charge in [-0.1, -0.05) is 26.2 Å². The zero-order valence-electron chi connectivity index (χ0n) is 28.8. The van der Waals surface area contributed by atoms with Gasteiger partial charge in [0, 0.05) is 37.8 Å². The van der Waals surface area contributed by atoms with E-state index in [-0.39, 0.29) is 46.8 Å². The number of anilines is 1. The van der Waals surface area contributed by atoms with Crippen LogP contribution in [-0.4, -0.2) is 94.5 Å². The van der Waals surface area contributed by atoms with Crippen molar-refractivity contribution in [3.05, 3.63) is 48.0 Å². The number of fused-ring (bicyclic) bond motifs is 1. The Balaban J connectivity index is 1.61. The summed E-state index contributed by atoms with van der Waals surface area (Å²) in [5, 5.41) is 10.3. The third kappa shape index (κ3) is 10.6. The Morgan fingerprint density at radius 2 is 1.72 bits per heavy atom. The minimum atomic E-state index is -3.95. The number of sulfonamides is 1. The summed E-state index contributed by atoms with van der Waals surface area (Å²) in [4.78, 5) is 18.5. The van der Waals surface area contributed by atoms with Crippen molar-refractivity contribution in [1.82, 2.24) is 9.80 Å². The third-order valence-electron chi connectivity index (χ3n) is 9.46. The first-order chi connectivity index (χ1) is 22.5. The van der Waals surface area contributed by atoms with Gasteiger partial charge in [-0.25, -0.2) is 8.42 Å². The average Bonchev–Trinajstić information content (AvgIpc) is 3.06. The highest BCUT2D eigenvalue weighted by molar-refractivity contribution is 7.92. The second kappa shape index (κ2) is 17.5. The largest absolute Gasteiger partial charge is 0.497 e. The van der Waals surface area contributed by atoms with Gasteiger partial charge < -0.3 is 29.1 Å². The van der Waals surface area contributed by atoms with Gasteiger partial charge in [0.2, 0.25) is 0 Å². The molecule has 1 amide bonds. The van der Waals surface area contributed by atoms with Gasteiger partial charge in [-0.2, -0.15) is 0 Å². The first-order valence-corrected chi connectivity index (χ1v) is 18.7. The Bertz CT molecular complexity index is 1380. The minimum Gasteiger partial charge on any atom is -0.497 e. The number of methoxy groups -OCH3 is 1. The number of benzene rings is 2. The van der Waals surface area contributed by atoms with Gasteiger partial charge in [0.25, 0.3) is 15.9 Å². The standard InChI is InChI=1S/C36H55N3O7S/c1-26-22-39(27(2)25-40)36(41)33-21-30(37-47(42,43)32-17-15-31(44-5)16-18-32)14-19-34(33)46-28(3)11-9-10-20-45-35(26)24-38(4)23-29-12-7-6-8-13-29/h14-19,21,26-29,35,37,40H,6-13,20,22-25H2,1-5H3/t26-,27-,28-,35+/m0/s1. The first-order valence-electron chi connectivity index (χ1n) is 17.2. The van der Waals surface area contributed by atoms with Crippen molar-refractivity contribution in [3.8, 4) is 11.5 Å². The molecule has 2 N–H and O–H groups in total. The fourth-order valence-electron chi connectivity index (χ4n) is 6.61. The van der Waals surface area contributed by atoms with Crippen LogP contribution in [0.25, 0.3) is 0 Å². The maximum Gasteiger partial charge on any atom is 0.261 e. The number of aliphatic hydroxyl groups excluding tert-OH is 1. The maximum absolute atomic E-state index is 14.4. The molecule has 10 nitrogen and oxygen atoms in total. The number of carbonyl (C=O) groups is 1. The lowest BCUT2D eigenvalue weighted by Gasteiger charge is -2.36. The summed E-state index contributed by atoms with van der Waals surface area (Å²) >= 11 is 0. The fraction of sp³-hybridized carbons (Fsp3) is 0.639. The maximum atomic E-state index is 14.4. The number of carbonyl (C=O) groups excluding carboxylic acids is 1. The van der Waals surface area contributed by atoms with Crippen molar-refractivity contribution >= 4 is 21.6 Å². The van der Waals surface area contributed by atoms with Crippen LogP contribution in [0.3, 0.4) is 0 Å². The summed E-state index contributed by atoms with van der Waals surface area (Å²) in [6.45, 7) is 8.48. The van der Waals surface area contributed by atoms with Crippen LogP contribution in [0.1, 0.15) is 82.5 Å². The van der Waals surface area contributed by atoms with Gasteiger partial charge in [0.15, 0.2) is 0 Å². The monoisotopic (exact) mass is 673 g/mol. The van der Waals surface area contributed by atoms with Crippen LogP contribution in [-0.2, 0) is 14.8 Å². The van der Waals surface area contributed by atoms with E-state index in [1.54, 1.807) is 29.2 Å². The summed E-state index contributed by atoms with van der Waals surface area (Å²) in [6.07, 6.45) is 8.82. The number of hydrogen-bond acceptors (Lipinski definition) is 8. The molecule has 11 heteroatoms. The van der Waals surface area contributed by atoms with Crippen molar-refractivity contribution in [2.75, 3.05) is 51.7 Å². The highest BCUT2D eigenvalue weighted by Gasteiger charge is 2.31. The normalized spacial score (nSPS) is 23.0. The van der Waals surface area contributed by atoms with Gasteiger partial charge in [0.1, 0.15) is 11.5 Å². The van der Waals surface area contributed by atoms with Crippen molar-refractivity contribution < 1.29 is 32.5 Å². The van der Waals surface area contributed by atoms with E-state index < -0.39 is 16.1 Å². The lowest BCUT2D eigenvalue weighted by atomic mass is 9.89. The van der Waals surface area contributed by atoms with Crippen LogP contribution in [0.5, 0.6) is 11.5 Å². The predicted octanol–water partition coefficient (Wildman–Crippen LogP) is 5.80. The fourth-order valence-corrected chi connectivity index (χ4v) is 7.66. The van der Waals surface area contributed by atoms with Gasteiger partial charge in [-0.3, -0.25) is 9.52 Å². The minimum absolute atomic E-state index is 0.0234. The number of likely N-dealkylation sites (N-methyl/N-ethyl adjacent to an activating group) is 1. The second-order valence-corrected chi connectivity index (χ2v) is 15.2. The summed E-state index contributed by atoms with van der Waals surface area (Å²) < 4.78 is 47.1. The van der Waals surface area contributed by atoms with Crippen molar-refractivity contribution in [2.24, 2.45) is 11.8 Å². The van der Waals surface area contributed by atoms with E-state index in [1.807, 2.05) is 13.8 Å². The highest BCUT2D eigenvalue weighted by Crippen LogP contribution is 2.30. The molecule has 0 aromatic heterocycles. The number of nitrogens with zero attached hydrogens (tertiary/aromatic N) is 2. The molecule has 0 unspecified atom stereocenters. The Morgan fingerprint density at radius 1 is 1.02 bits per heavy atom. The molecule has 1 heterocycles. The lowest BCUT2D eigenvalue weighted by Crippen LogP contribution is -2.47. The molecule has 262 valence electrons. The van der Waals surface area contributed by atoms with E-state index in [0.717, 1.165) is 32.4 Å². The smallest absolute Gasteiger partial charge is 0.261 e. The van der Waals surface area contributed by atoms with E-state index in [1.165, 1.54) is 57.4 Å². The van der Waals surface area contributed by atoms with Gasteiger partial charge in [-0.15, -0.1) is 0 Å². The topological polar surface area (TPSA) is 118 Å². The molecule has 1 fully saturated rings. The molecule has 1 saturated carbocycles. The lowest BCUT2D eigenvalue weighted by molar-refractivity contribution is -0.0190. The van der Waals surface area contributed by atoms with E-state index in [0.29, 0.717) is 30.6 Å². The van der Waals surface area contributed by atoms with E-state index in [2.05, 4.69) is 23.6 Å². The van der Waals surface area contributed by atoms with Crippen LogP contribution in [0.2, 0.25) is 0 Å². The molecule has 0 spiro atoms. The van der Waals surface area contributed by atoms with Gasteiger partial charge in [0.05, 0.1) is 42.4 Å². The predicted molar refractivity (Wildman–Crippen MR) is 185 cm³/mol. The summed E-state index contributed by atoms with van der Waals surface area (Å²) in [6, 6.07) is 10.4. The first kappa shape index (κ1) is 37.0. The molecule has 0 radical (unpaired) electrons. The average molecular weight is 674 g/mol. The van der Waals surface area contributed by atoms with E-state index in [4.69, 9.17) is 14.2 Å². The van der Waals surface area contributed by atoms with Crippen LogP contribution >= 0.6 is 0 Å². The Kier molecular flexibility index (Phi) is 13.8. The zero-order valence-corrected chi connectivity index (χ0v) is 29.6. The summed E-state index contributed by atoms with van der Waals surface area (Å²) in [5.41, 5.74) is 0.476. The van der Waals surface area contributed by atoms with Crippen LogP contribution < -0.4 is 14.2 Å². The number of ether oxygens (including phenoxy) is 3. The van der Waals surface area contributed by atoms with Crippen LogP contribution in [0.4, 0.5) is 5.69 Å². The Labute approximate surface area is 281 Å². The van der Waals surface area contributed by atoms with Crippen LogP contribution in [0.15, 0.2) is 47.4 Å². The van der Waals surface area contributed by atoms with Crippen LogP contribution in [0, 0.1) is 11.8 Å². The van der Waals surface area contributed by atoms with E-state index >= 15 is 0 Å². The molecule has 1 aliphatic carbocycles. The summed E-state index contributed by atoms with van der Waals surface area (Å²) in [5.74, 6) is 1.28. The molecule has 0 saturated heterocycles. The van der Waals surface area contributed by atoms with Crippen molar-refractivity contribution in [3.63, 3.8) is 0 Å². The molecule has 47 heavy (non-hydrogen) atoms. The number of hydrogen-bond donors (Lipinski definition) is 2. The number of rotatable bonds is 10. The highest BCUT2D eigenvalue weighted by atomic mass is 32.2. The third-order valence-corrected chi connectivity index (χ3v) is 10.9. The molecule has 4 rings (SSSR count). The molecule has 2 aromatic rings. The Hall–Kier alpha value is -2.86. The van der Waals surface area contributed by atoms with Gasteiger partial charge >= 0.3 is 0 Å². The Morgan fingerprint density at radius 3 is 2.40 bits per heavy atom. The molecule has 2 aliphatic rings. The SMILES string of the molecule is COc1ccc(S(=O)(=O)Nc2ccc3c(c2)C(=O)N([C@@H](C)CO)C[C@H](C)[C@@H](CN(C)CC2CCCCC2)OCCCC[C@H](C)O3)cc1. The molecule has 1 aliphatic heterocycles. The molecule has 0 bridgehead atoms. The van der Waals surface area contributed by atoms with E-state index in [9.17, 15) is 18.3 Å².